The van der Waals surface area contributed by atoms with Crippen LogP contribution in [0.25, 0.3) is 0 Å². The van der Waals surface area contributed by atoms with Crippen LogP contribution in [-0.4, -0.2) is 44.6 Å². The van der Waals surface area contributed by atoms with Gasteiger partial charge in [-0.15, -0.1) is 0 Å². The number of aromatic hydroxyl groups is 1. The standard InChI is InChI=1S/C19H19ClF3N3O6/c1-30-13-7-10(8-14(31-2)15(13)27)18(16(28)32-3,19(21,22)23)26-25-17(29)24-12-6-4-5-11(20)9-12/h4-9,26-27H,1-3H3,(H2,24,25,29). The van der Waals surface area contributed by atoms with Crippen molar-refractivity contribution in [2.24, 2.45) is 0 Å². The number of ether oxygens (including phenoxy) is 3. The van der Waals surface area contributed by atoms with Gasteiger partial charge in [-0.3, -0.25) is 5.43 Å². The maximum Gasteiger partial charge on any atom is 0.423 e. The molecule has 0 fully saturated rings. The molecule has 0 radical (unpaired) electrons. The summed E-state index contributed by atoms with van der Waals surface area (Å²) in [6.45, 7) is 0. The van der Waals surface area contributed by atoms with Gasteiger partial charge in [0.25, 0.3) is 5.54 Å². The fraction of sp³-hybridized carbons (Fsp3) is 0.263. The first-order valence-corrected chi connectivity index (χ1v) is 9.08. The zero-order valence-electron chi connectivity index (χ0n) is 17.0. The second-order valence-corrected chi connectivity index (χ2v) is 6.62. The highest BCUT2D eigenvalue weighted by atomic mass is 35.5. The molecular formula is C19H19ClF3N3O6. The number of esters is 1. The highest BCUT2D eigenvalue weighted by molar-refractivity contribution is 6.30. The number of urea groups is 1. The van der Waals surface area contributed by atoms with Crippen molar-refractivity contribution < 1.29 is 42.1 Å². The van der Waals surface area contributed by atoms with Gasteiger partial charge in [-0.1, -0.05) is 17.7 Å². The number of hydrogen-bond acceptors (Lipinski definition) is 7. The number of methoxy groups -OCH3 is 3. The third kappa shape index (κ3) is 4.92. The van der Waals surface area contributed by atoms with Crippen LogP contribution < -0.4 is 25.6 Å². The number of anilines is 1. The Morgan fingerprint density at radius 3 is 2.09 bits per heavy atom. The van der Waals surface area contributed by atoms with Crippen molar-refractivity contribution in [2.75, 3.05) is 26.6 Å². The zero-order valence-corrected chi connectivity index (χ0v) is 17.7. The summed E-state index contributed by atoms with van der Waals surface area (Å²) in [5, 5.41) is 12.6. The molecular weight excluding hydrogens is 459 g/mol. The maximum absolute atomic E-state index is 14.3. The van der Waals surface area contributed by atoms with Crippen LogP contribution in [0, 0.1) is 0 Å². The molecule has 0 aliphatic heterocycles. The monoisotopic (exact) mass is 477 g/mol. The number of alkyl halides is 3. The number of rotatable bonds is 7. The summed E-state index contributed by atoms with van der Waals surface area (Å²) in [7, 11) is 2.93. The van der Waals surface area contributed by atoms with Gasteiger partial charge in [0.1, 0.15) is 0 Å². The number of halogens is 4. The van der Waals surface area contributed by atoms with Crippen LogP contribution in [0.2, 0.25) is 5.02 Å². The van der Waals surface area contributed by atoms with Gasteiger partial charge < -0.3 is 24.6 Å². The topological polar surface area (TPSA) is 118 Å². The van der Waals surface area contributed by atoms with Crippen molar-refractivity contribution in [1.29, 1.82) is 0 Å². The Morgan fingerprint density at radius 2 is 1.62 bits per heavy atom. The minimum absolute atomic E-state index is 0.181. The number of phenols is 1. The van der Waals surface area contributed by atoms with Gasteiger partial charge in [-0.25, -0.2) is 15.0 Å². The summed E-state index contributed by atoms with van der Waals surface area (Å²) in [5.74, 6) is -3.22. The SMILES string of the molecule is COC(=O)C(NNC(=O)Nc1cccc(Cl)c1)(c1cc(OC)c(O)c(OC)c1)C(F)(F)F. The van der Waals surface area contributed by atoms with Crippen molar-refractivity contribution >= 4 is 29.3 Å². The summed E-state index contributed by atoms with van der Waals surface area (Å²) in [4.78, 5) is 24.6. The lowest BCUT2D eigenvalue weighted by molar-refractivity contribution is -0.217. The highest BCUT2D eigenvalue weighted by Gasteiger charge is 2.64. The van der Waals surface area contributed by atoms with E-state index in [9.17, 15) is 27.9 Å². The second kappa shape index (κ2) is 9.83. The molecule has 2 aromatic carbocycles. The van der Waals surface area contributed by atoms with E-state index in [1.54, 1.807) is 10.9 Å². The number of hydrogen-bond donors (Lipinski definition) is 4. The van der Waals surface area contributed by atoms with E-state index in [2.05, 4.69) is 10.1 Å². The maximum atomic E-state index is 14.3. The van der Waals surface area contributed by atoms with Gasteiger partial charge in [0.15, 0.2) is 11.5 Å². The molecule has 0 aromatic heterocycles. The van der Waals surface area contributed by atoms with E-state index in [4.69, 9.17) is 21.1 Å². The Kier molecular flexibility index (Phi) is 7.65. The summed E-state index contributed by atoms with van der Waals surface area (Å²) >= 11 is 5.81. The third-order valence-corrected chi connectivity index (χ3v) is 4.51. The van der Waals surface area contributed by atoms with Crippen LogP contribution in [0.5, 0.6) is 17.2 Å². The van der Waals surface area contributed by atoms with E-state index in [0.717, 1.165) is 33.5 Å². The van der Waals surface area contributed by atoms with Crippen molar-refractivity contribution in [1.82, 2.24) is 10.9 Å². The largest absolute Gasteiger partial charge is 0.502 e. The summed E-state index contributed by atoms with van der Waals surface area (Å²) in [6, 6.07) is 6.21. The van der Waals surface area contributed by atoms with Crippen molar-refractivity contribution in [3.05, 3.63) is 47.0 Å². The quantitative estimate of drug-likeness (QED) is 0.357. The average Bonchev–Trinajstić information content (AvgIpc) is 2.73. The molecule has 0 aliphatic carbocycles. The molecule has 1 atom stereocenters. The second-order valence-electron chi connectivity index (χ2n) is 6.18. The first kappa shape index (κ1) is 24.9. The van der Waals surface area contributed by atoms with Gasteiger partial charge in [-0.2, -0.15) is 13.2 Å². The van der Waals surface area contributed by atoms with Crippen LogP contribution in [0.4, 0.5) is 23.7 Å². The molecule has 9 nitrogen and oxygen atoms in total. The smallest absolute Gasteiger partial charge is 0.423 e. The molecule has 0 saturated carbocycles. The van der Waals surface area contributed by atoms with E-state index >= 15 is 0 Å². The molecule has 2 amide bonds. The van der Waals surface area contributed by atoms with E-state index in [-0.39, 0.29) is 10.7 Å². The molecule has 174 valence electrons. The number of amides is 2. The van der Waals surface area contributed by atoms with Gasteiger partial charge in [0, 0.05) is 16.3 Å². The van der Waals surface area contributed by atoms with Gasteiger partial charge >= 0.3 is 18.2 Å². The first-order valence-electron chi connectivity index (χ1n) is 8.70. The number of phenolic OH excluding ortho intramolecular Hbond substituents is 1. The van der Waals surface area contributed by atoms with Gasteiger partial charge in [0.05, 0.1) is 21.3 Å². The Balaban J connectivity index is 2.51. The number of carbonyl (C=O) groups excluding carboxylic acids is 2. The molecule has 0 heterocycles. The Labute approximate surface area is 185 Å². The van der Waals surface area contributed by atoms with Gasteiger partial charge in [-0.05, 0) is 30.3 Å². The molecule has 0 aliphatic rings. The molecule has 4 N–H and O–H groups in total. The number of carbonyl (C=O) groups is 2. The Morgan fingerprint density at radius 1 is 1.03 bits per heavy atom. The predicted molar refractivity (Wildman–Crippen MR) is 108 cm³/mol. The van der Waals surface area contributed by atoms with Crippen LogP contribution in [-0.2, 0) is 15.1 Å². The van der Waals surface area contributed by atoms with E-state index in [0.29, 0.717) is 0 Å². The molecule has 0 spiro atoms. The van der Waals surface area contributed by atoms with Crippen LogP contribution in [0.1, 0.15) is 5.56 Å². The number of hydrazine groups is 1. The lowest BCUT2D eigenvalue weighted by Crippen LogP contribution is -2.65. The first-order chi connectivity index (χ1) is 15.0. The predicted octanol–water partition coefficient (Wildman–Crippen LogP) is 3.32. The fourth-order valence-corrected chi connectivity index (χ4v) is 2.92. The summed E-state index contributed by atoms with van der Waals surface area (Å²) in [6.07, 6.45) is -5.34. The zero-order chi connectivity index (χ0) is 24.1. The van der Waals surface area contributed by atoms with Crippen molar-refractivity contribution in [3.8, 4) is 17.2 Å². The lowest BCUT2D eigenvalue weighted by Gasteiger charge is -2.34. The molecule has 1 unspecified atom stereocenters. The number of nitrogens with one attached hydrogen (secondary N) is 3. The molecule has 0 bridgehead atoms. The minimum atomic E-state index is -5.34. The van der Waals surface area contributed by atoms with Gasteiger partial charge in [0.2, 0.25) is 5.75 Å². The number of benzene rings is 2. The molecule has 2 rings (SSSR count). The van der Waals surface area contributed by atoms with Crippen molar-refractivity contribution in [2.45, 2.75) is 11.7 Å². The van der Waals surface area contributed by atoms with Crippen LogP contribution in [0.3, 0.4) is 0 Å². The fourth-order valence-electron chi connectivity index (χ4n) is 2.73. The van der Waals surface area contributed by atoms with E-state index in [1.807, 2.05) is 0 Å². The van der Waals surface area contributed by atoms with Crippen LogP contribution in [0.15, 0.2) is 36.4 Å². The summed E-state index contributed by atoms with van der Waals surface area (Å²) < 4.78 is 57.0. The molecule has 32 heavy (non-hydrogen) atoms. The third-order valence-electron chi connectivity index (χ3n) is 4.28. The molecule has 0 saturated heterocycles. The van der Waals surface area contributed by atoms with E-state index in [1.165, 1.54) is 24.3 Å². The molecule has 13 heteroatoms. The lowest BCUT2D eigenvalue weighted by atomic mass is 9.89. The van der Waals surface area contributed by atoms with E-state index < -0.39 is 46.5 Å². The average molecular weight is 478 g/mol. The molecule has 2 aromatic rings. The summed E-state index contributed by atoms with van der Waals surface area (Å²) in [5.41, 5.74) is -0.697. The minimum Gasteiger partial charge on any atom is -0.502 e. The Bertz CT molecular complexity index is 980. The normalized spacial score (nSPS) is 13.0. The highest BCUT2D eigenvalue weighted by Crippen LogP contribution is 2.45. The van der Waals surface area contributed by atoms with Crippen LogP contribution >= 0.6 is 11.6 Å². The van der Waals surface area contributed by atoms with Crippen molar-refractivity contribution in [3.63, 3.8) is 0 Å². The Hall–Kier alpha value is -3.38.